The smallest absolute Gasteiger partial charge is 0.290 e. The molecule has 3 rings (SSSR count). The molecule has 2 aromatic carbocycles. The molecule has 0 atom stereocenters. The fourth-order valence-electron chi connectivity index (χ4n) is 2.26. The topological polar surface area (TPSA) is 51.7 Å². The van der Waals surface area contributed by atoms with E-state index < -0.39 is 0 Å². The standard InChI is InChI=1S/C17H17N4O/c1-20-17(12-14-8-4-2-5-9-14)18-21(19-20)13-16(22)15-10-6-3-7-11-15/h2-11H,12-13H2,1H3/q+1. The number of carbonyl (C=O) groups excluding carboxylic acids is 1. The molecular formula is C17H17N4O+. The van der Waals surface area contributed by atoms with Gasteiger partial charge < -0.3 is 0 Å². The maximum absolute atomic E-state index is 12.2. The van der Waals surface area contributed by atoms with Crippen molar-refractivity contribution in [1.82, 2.24) is 15.1 Å². The zero-order chi connectivity index (χ0) is 15.4. The molecule has 0 bridgehead atoms. The molecular weight excluding hydrogens is 276 g/mol. The van der Waals surface area contributed by atoms with Gasteiger partial charge in [0.25, 0.3) is 0 Å². The molecule has 0 spiro atoms. The molecule has 110 valence electrons. The first-order valence-electron chi connectivity index (χ1n) is 7.15. The van der Waals surface area contributed by atoms with Gasteiger partial charge in [-0.2, -0.15) is 0 Å². The number of hydrogen-bond donors (Lipinski definition) is 0. The van der Waals surface area contributed by atoms with Crippen LogP contribution in [-0.2, 0) is 20.0 Å². The summed E-state index contributed by atoms with van der Waals surface area (Å²) in [6, 6.07) is 19.3. The van der Waals surface area contributed by atoms with Crippen molar-refractivity contribution in [2.75, 3.05) is 0 Å². The predicted octanol–water partition coefficient (Wildman–Crippen LogP) is 1.58. The average molecular weight is 293 g/mol. The van der Waals surface area contributed by atoms with Crippen LogP contribution < -0.4 is 4.68 Å². The number of rotatable bonds is 5. The fourth-order valence-corrected chi connectivity index (χ4v) is 2.26. The zero-order valence-electron chi connectivity index (χ0n) is 12.4. The first kappa shape index (κ1) is 14.1. The number of tetrazole rings is 1. The fraction of sp³-hybridized carbons (Fsp3) is 0.176. The number of hydrogen-bond acceptors (Lipinski definition) is 3. The van der Waals surface area contributed by atoms with Gasteiger partial charge in [0.15, 0.2) is 6.54 Å². The normalized spacial score (nSPS) is 10.6. The van der Waals surface area contributed by atoms with E-state index in [0.717, 1.165) is 5.82 Å². The second kappa shape index (κ2) is 6.30. The Morgan fingerprint density at radius 3 is 2.36 bits per heavy atom. The number of nitrogens with zero attached hydrogens (tertiary/aromatic N) is 4. The third-order valence-electron chi connectivity index (χ3n) is 3.43. The molecule has 1 heterocycles. The van der Waals surface area contributed by atoms with Crippen LogP contribution in [0.3, 0.4) is 0 Å². The van der Waals surface area contributed by atoms with Crippen molar-refractivity contribution in [2.45, 2.75) is 13.0 Å². The Bertz CT molecular complexity index is 766. The highest BCUT2D eigenvalue weighted by Gasteiger charge is 2.19. The van der Waals surface area contributed by atoms with Crippen molar-refractivity contribution in [1.29, 1.82) is 0 Å². The maximum atomic E-state index is 12.2. The van der Waals surface area contributed by atoms with E-state index >= 15 is 0 Å². The first-order chi connectivity index (χ1) is 10.7. The Labute approximate surface area is 128 Å². The molecule has 5 heteroatoms. The van der Waals surface area contributed by atoms with Crippen LogP contribution in [0.4, 0.5) is 0 Å². The molecule has 0 unspecified atom stereocenters. The van der Waals surface area contributed by atoms with Crippen LogP contribution in [0.1, 0.15) is 21.7 Å². The quantitative estimate of drug-likeness (QED) is 0.530. The van der Waals surface area contributed by atoms with Crippen LogP contribution in [0.25, 0.3) is 0 Å². The van der Waals surface area contributed by atoms with Crippen LogP contribution in [0, 0.1) is 0 Å². The van der Waals surface area contributed by atoms with Gasteiger partial charge in [0.2, 0.25) is 5.78 Å². The van der Waals surface area contributed by atoms with E-state index in [0.29, 0.717) is 12.0 Å². The largest absolute Gasteiger partial charge is 0.302 e. The number of carbonyl (C=O) groups is 1. The van der Waals surface area contributed by atoms with Crippen LogP contribution in [0.5, 0.6) is 0 Å². The van der Waals surface area contributed by atoms with Gasteiger partial charge in [0.05, 0.1) is 23.8 Å². The summed E-state index contributed by atoms with van der Waals surface area (Å²) >= 11 is 0. The van der Waals surface area contributed by atoms with E-state index in [1.54, 1.807) is 16.8 Å². The Kier molecular flexibility index (Phi) is 4.05. The lowest BCUT2D eigenvalue weighted by molar-refractivity contribution is -0.739. The van der Waals surface area contributed by atoms with Crippen LogP contribution >= 0.6 is 0 Å². The molecule has 0 aliphatic carbocycles. The van der Waals surface area contributed by atoms with Crippen molar-refractivity contribution < 1.29 is 9.48 Å². The van der Waals surface area contributed by atoms with Crippen LogP contribution in [0.15, 0.2) is 60.7 Å². The summed E-state index contributed by atoms with van der Waals surface area (Å²) in [6.45, 7) is 0.145. The minimum atomic E-state index is 0.00228. The Morgan fingerprint density at radius 1 is 1.05 bits per heavy atom. The summed E-state index contributed by atoms with van der Waals surface area (Å²) in [4.78, 5) is 13.6. The Balaban J connectivity index is 1.74. The average Bonchev–Trinajstić information content (AvgIpc) is 2.88. The summed E-state index contributed by atoms with van der Waals surface area (Å²) in [5.74, 6) is 0.828. The second-order valence-corrected chi connectivity index (χ2v) is 5.11. The molecule has 0 aliphatic heterocycles. The lowest BCUT2D eigenvalue weighted by Gasteiger charge is -1.94. The van der Waals surface area contributed by atoms with Gasteiger partial charge in [-0.1, -0.05) is 60.7 Å². The highest BCUT2D eigenvalue weighted by molar-refractivity contribution is 5.95. The van der Waals surface area contributed by atoms with Gasteiger partial charge in [0, 0.05) is 5.56 Å². The van der Waals surface area contributed by atoms with Gasteiger partial charge in [-0.15, -0.1) is 4.68 Å². The molecule has 0 amide bonds. The molecule has 3 aromatic rings. The van der Waals surface area contributed by atoms with Crippen molar-refractivity contribution in [2.24, 2.45) is 7.05 Å². The second-order valence-electron chi connectivity index (χ2n) is 5.11. The van der Waals surface area contributed by atoms with Gasteiger partial charge in [-0.3, -0.25) is 4.79 Å². The van der Waals surface area contributed by atoms with Crippen LogP contribution in [0.2, 0.25) is 0 Å². The van der Waals surface area contributed by atoms with Crippen molar-refractivity contribution in [3.63, 3.8) is 0 Å². The van der Waals surface area contributed by atoms with E-state index in [9.17, 15) is 4.79 Å². The first-order valence-corrected chi connectivity index (χ1v) is 7.15. The maximum Gasteiger partial charge on any atom is 0.302 e. The molecule has 0 saturated carbocycles. The number of ketones is 1. The summed E-state index contributed by atoms with van der Waals surface area (Å²) in [5.41, 5.74) is 1.84. The third kappa shape index (κ3) is 3.25. The molecule has 0 aliphatic rings. The van der Waals surface area contributed by atoms with E-state index in [-0.39, 0.29) is 12.3 Å². The summed E-state index contributed by atoms with van der Waals surface area (Å²) in [7, 11) is 1.84. The van der Waals surface area contributed by atoms with Crippen molar-refractivity contribution in [3.05, 3.63) is 77.6 Å². The summed E-state index contributed by atoms with van der Waals surface area (Å²) in [5, 5.41) is 8.69. The SMILES string of the molecule is C[n+]1nn(CC(=O)c2ccccc2)nc1Cc1ccccc1. The molecule has 0 N–H and O–H groups in total. The molecule has 1 aromatic heterocycles. The summed E-state index contributed by atoms with van der Waals surface area (Å²) < 4.78 is 1.71. The molecule has 0 saturated heterocycles. The highest BCUT2D eigenvalue weighted by atomic mass is 16.1. The monoisotopic (exact) mass is 293 g/mol. The van der Waals surface area contributed by atoms with E-state index in [2.05, 4.69) is 10.3 Å². The molecule has 22 heavy (non-hydrogen) atoms. The lowest BCUT2D eigenvalue weighted by atomic mass is 10.1. The van der Waals surface area contributed by atoms with Crippen molar-refractivity contribution >= 4 is 5.78 Å². The predicted molar refractivity (Wildman–Crippen MR) is 81.2 cm³/mol. The van der Waals surface area contributed by atoms with Crippen LogP contribution in [-0.4, -0.2) is 20.9 Å². The number of Topliss-reactive ketones (excluding diaryl/α,β-unsaturated/α-hetero) is 1. The molecule has 0 fully saturated rings. The summed E-state index contributed by atoms with van der Waals surface area (Å²) in [6.07, 6.45) is 0.691. The van der Waals surface area contributed by atoms with Gasteiger partial charge in [-0.05, 0) is 10.4 Å². The lowest BCUT2D eigenvalue weighted by Crippen LogP contribution is -2.35. The van der Waals surface area contributed by atoms with E-state index in [1.807, 2.05) is 55.6 Å². The van der Waals surface area contributed by atoms with E-state index in [1.165, 1.54) is 10.4 Å². The van der Waals surface area contributed by atoms with Gasteiger partial charge in [-0.25, -0.2) is 0 Å². The van der Waals surface area contributed by atoms with Gasteiger partial charge in [0.1, 0.15) is 0 Å². The minimum absolute atomic E-state index is 0.00228. The minimum Gasteiger partial charge on any atom is -0.290 e. The van der Waals surface area contributed by atoms with Gasteiger partial charge >= 0.3 is 5.82 Å². The number of aromatic nitrogens is 4. The number of benzene rings is 2. The molecule has 5 nitrogen and oxygen atoms in total. The number of aryl methyl sites for hydroxylation is 1. The third-order valence-corrected chi connectivity index (χ3v) is 3.43. The molecule has 0 radical (unpaired) electrons. The Morgan fingerprint density at radius 2 is 1.68 bits per heavy atom. The van der Waals surface area contributed by atoms with E-state index in [4.69, 9.17) is 0 Å². The zero-order valence-corrected chi connectivity index (χ0v) is 12.4. The van der Waals surface area contributed by atoms with Crippen molar-refractivity contribution in [3.8, 4) is 0 Å². The highest BCUT2D eigenvalue weighted by Crippen LogP contribution is 2.04. The Hall–Kier alpha value is -2.82.